The van der Waals surface area contributed by atoms with Crippen molar-refractivity contribution in [3.05, 3.63) is 24.3 Å². The van der Waals surface area contributed by atoms with Crippen LogP contribution in [0.5, 0.6) is 0 Å². The summed E-state index contributed by atoms with van der Waals surface area (Å²) < 4.78 is 0. The van der Waals surface area contributed by atoms with Gasteiger partial charge < -0.3 is 11.5 Å². The Kier molecular flexibility index (Phi) is 3.63. The molecule has 10 heavy (non-hydrogen) atoms. The molecule has 4 N–H and O–H groups in total. The minimum Gasteiger partial charge on any atom is -0.366 e. The molecular weight excluding hydrogens is 132 g/mol. The number of allylic oxidation sites excluding steroid dienone is 2. The summed E-state index contributed by atoms with van der Waals surface area (Å²) in [5, 5.41) is 0. The highest BCUT2D eigenvalue weighted by molar-refractivity contribution is 5.88. The van der Waals surface area contributed by atoms with Crippen molar-refractivity contribution in [1.29, 1.82) is 0 Å². The molecule has 0 spiro atoms. The van der Waals surface area contributed by atoms with Crippen LogP contribution < -0.4 is 11.5 Å². The summed E-state index contributed by atoms with van der Waals surface area (Å²) in [6, 6.07) is 0. The van der Waals surface area contributed by atoms with Gasteiger partial charge in [0.25, 0.3) is 0 Å². The van der Waals surface area contributed by atoms with Gasteiger partial charge in [0.1, 0.15) is 0 Å². The lowest BCUT2D eigenvalue weighted by Gasteiger charge is -1.76. The van der Waals surface area contributed by atoms with Crippen LogP contribution >= 0.6 is 0 Å². The molecule has 0 atom stereocenters. The van der Waals surface area contributed by atoms with E-state index in [9.17, 15) is 9.59 Å². The van der Waals surface area contributed by atoms with Crippen molar-refractivity contribution in [2.45, 2.75) is 0 Å². The Morgan fingerprint density at radius 2 is 1.20 bits per heavy atom. The first kappa shape index (κ1) is 8.42. The fourth-order valence-corrected chi connectivity index (χ4v) is 0.301. The van der Waals surface area contributed by atoms with Crippen LogP contribution in [0.2, 0.25) is 0 Å². The summed E-state index contributed by atoms with van der Waals surface area (Å²) in [4.78, 5) is 20.1. The number of amides is 2. The topological polar surface area (TPSA) is 86.2 Å². The van der Waals surface area contributed by atoms with E-state index in [-0.39, 0.29) is 0 Å². The summed E-state index contributed by atoms with van der Waals surface area (Å²) in [5.41, 5.74) is 9.47. The first-order chi connectivity index (χ1) is 4.63. The average molecular weight is 140 g/mol. The Labute approximate surface area is 58.2 Å². The number of rotatable bonds is 3. The number of primary amides is 2. The largest absolute Gasteiger partial charge is 0.366 e. The van der Waals surface area contributed by atoms with Crippen molar-refractivity contribution in [2.24, 2.45) is 11.5 Å². The predicted molar refractivity (Wildman–Crippen MR) is 36.7 cm³/mol. The second-order valence-corrected chi connectivity index (χ2v) is 1.52. The molecular formula is C6H8N2O2. The molecule has 0 radical (unpaired) electrons. The van der Waals surface area contributed by atoms with E-state index in [1.807, 2.05) is 0 Å². The molecule has 0 aliphatic heterocycles. The maximum atomic E-state index is 10.0. The van der Waals surface area contributed by atoms with Gasteiger partial charge in [-0.1, -0.05) is 12.2 Å². The lowest BCUT2D eigenvalue weighted by molar-refractivity contribution is -0.114. The van der Waals surface area contributed by atoms with Crippen LogP contribution in [0, 0.1) is 0 Å². The normalized spacial score (nSPS) is 10.8. The molecule has 0 rings (SSSR count). The highest BCUT2D eigenvalue weighted by Crippen LogP contribution is 1.74. The Bertz CT molecular complexity index is 172. The Balaban J connectivity index is 3.73. The summed E-state index contributed by atoms with van der Waals surface area (Å²) in [6.45, 7) is 0. The van der Waals surface area contributed by atoms with Crippen molar-refractivity contribution in [2.75, 3.05) is 0 Å². The first-order valence-electron chi connectivity index (χ1n) is 2.56. The highest BCUT2D eigenvalue weighted by atomic mass is 16.1. The van der Waals surface area contributed by atoms with Gasteiger partial charge in [0.2, 0.25) is 11.8 Å². The lowest BCUT2D eigenvalue weighted by Crippen LogP contribution is -2.06. The Hall–Kier alpha value is -1.58. The van der Waals surface area contributed by atoms with Crippen molar-refractivity contribution in [3.8, 4) is 0 Å². The van der Waals surface area contributed by atoms with E-state index in [1.54, 1.807) is 0 Å². The maximum absolute atomic E-state index is 10.0. The summed E-state index contributed by atoms with van der Waals surface area (Å²) >= 11 is 0. The fraction of sp³-hybridized carbons (Fsp3) is 0. The van der Waals surface area contributed by atoms with Crippen molar-refractivity contribution in [1.82, 2.24) is 0 Å². The molecule has 4 nitrogen and oxygen atoms in total. The van der Waals surface area contributed by atoms with Gasteiger partial charge in [0.05, 0.1) is 0 Å². The van der Waals surface area contributed by atoms with Crippen LogP contribution in [0.25, 0.3) is 0 Å². The van der Waals surface area contributed by atoms with Crippen LogP contribution in [-0.2, 0) is 9.59 Å². The van der Waals surface area contributed by atoms with Crippen LogP contribution in [0.1, 0.15) is 0 Å². The zero-order valence-corrected chi connectivity index (χ0v) is 5.28. The minimum atomic E-state index is -0.561. The second-order valence-electron chi connectivity index (χ2n) is 1.52. The smallest absolute Gasteiger partial charge is 0.241 e. The first-order valence-corrected chi connectivity index (χ1v) is 2.56. The van der Waals surface area contributed by atoms with E-state index in [0.29, 0.717) is 0 Å². The predicted octanol–water partition coefficient (Wildman–Crippen LogP) is -0.931. The molecule has 0 heterocycles. The number of nitrogens with two attached hydrogens (primary N) is 2. The van der Waals surface area contributed by atoms with Crippen LogP contribution in [0.3, 0.4) is 0 Å². The Morgan fingerprint density at radius 3 is 1.40 bits per heavy atom. The van der Waals surface area contributed by atoms with Gasteiger partial charge in [-0.3, -0.25) is 9.59 Å². The van der Waals surface area contributed by atoms with E-state index in [0.717, 1.165) is 12.2 Å². The van der Waals surface area contributed by atoms with Gasteiger partial charge in [-0.2, -0.15) is 0 Å². The SMILES string of the molecule is NC(=O)C=CC=CC(N)=O. The molecule has 0 saturated heterocycles. The maximum Gasteiger partial charge on any atom is 0.241 e. The van der Waals surface area contributed by atoms with Gasteiger partial charge in [-0.15, -0.1) is 0 Å². The van der Waals surface area contributed by atoms with Crippen LogP contribution in [0.15, 0.2) is 24.3 Å². The third-order valence-electron chi connectivity index (χ3n) is 0.632. The standard InChI is InChI=1S/C6H8N2O2/c7-5(9)3-1-2-4-6(8)10/h1-4H,(H2,7,9)(H2,8,10). The molecule has 0 saturated carbocycles. The van der Waals surface area contributed by atoms with Crippen LogP contribution in [0.4, 0.5) is 0 Å². The third-order valence-corrected chi connectivity index (χ3v) is 0.632. The molecule has 0 aliphatic rings. The average Bonchev–Trinajstić information content (AvgIpc) is 1.79. The highest BCUT2D eigenvalue weighted by Gasteiger charge is 1.79. The number of carbonyl (C=O) groups excluding carboxylic acids is 2. The van der Waals surface area contributed by atoms with E-state index >= 15 is 0 Å². The Morgan fingerprint density at radius 1 is 0.900 bits per heavy atom. The molecule has 0 bridgehead atoms. The van der Waals surface area contributed by atoms with Crippen molar-refractivity contribution in [3.63, 3.8) is 0 Å². The monoisotopic (exact) mass is 140 g/mol. The zero-order chi connectivity index (χ0) is 7.98. The van der Waals surface area contributed by atoms with Gasteiger partial charge in [-0.25, -0.2) is 0 Å². The molecule has 0 fully saturated rings. The van der Waals surface area contributed by atoms with E-state index in [4.69, 9.17) is 11.5 Å². The number of hydrogen-bond acceptors (Lipinski definition) is 2. The van der Waals surface area contributed by atoms with Gasteiger partial charge >= 0.3 is 0 Å². The minimum absolute atomic E-state index is 0.561. The van der Waals surface area contributed by atoms with Crippen molar-refractivity contribution < 1.29 is 9.59 Å². The van der Waals surface area contributed by atoms with E-state index in [1.165, 1.54) is 12.2 Å². The van der Waals surface area contributed by atoms with Gasteiger partial charge in [-0.05, 0) is 0 Å². The fourth-order valence-electron chi connectivity index (χ4n) is 0.301. The van der Waals surface area contributed by atoms with E-state index in [2.05, 4.69) is 0 Å². The number of hydrogen-bond donors (Lipinski definition) is 2. The third kappa shape index (κ3) is 6.42. The molecule has 0 unspecified atom stereocenters. The van der Waals surface area contributed by atoms with Crippen molar-refractivity contribution >= 4 is 11.8 Å². The molecule has 0 aromatic heterocycles. The molecule has 0 aromatic rings. The zero-order valence-electron chi connectivity index (χ0n) is 5.28. The molecule has 4 heteroatoms. The lowest BCUT2D eigenvalue weighted by atomic mass is 10.4. The molecule has 2 amide bonds. The summed E-state index contributed by atoms with van der Waals surface area (Å²) in [7, 11) is 0. The second kappa shape index (κ2) is 4.31. The summed E-state index contributed by atoms with van der Waals surface area (Å²) in [6.07, 6.45) is 4.93. The number of carbonyl (C=O) groups is 2. The summed E-state index contributed by atoms with van der Waals surface area (Å²) in [5.74, 6) is -1.12. The quantitative estimate of drug-likeness (QED) is 0.392. The van der Waals surface area contributed by atoms with Gasteiger partial charge in [0, 0.05) is 12.2 Å². The van der Waals surface area contributed by atoms with Crippen LogP contribution in [-0.4, -0.2) is 11.8 Å². The molecule has 0 aliphatic carbocycles. The molecule has 54 valence electrons. The van der Waals surface area contributed by atoms with E-state index < -0.39 is 11.8 Å². The molecule has 0 aromatic carbocycles. The van der Waals surface area contributed by atoms with Gasteiger partial charge in [0.15, 0.2) is 0 Å².